The molecule has 0 aliphatic heterocycles. The molecule has 3 aromatic heterocycles. The summed E-state index contributed by atoms with van der Waals surface area (Å²) in [6.45, 7) is 3.86. The van der Waals surface area contributed by atoms with Crippen molar-refractivity contribution in [2.45, 2.75) is 32.7 Å². The van der Waals surface area contributed by atoms with Gasteiger partial charge in [-0.1, -0.05) is 6.92 Å². The maximum Gasteiger partial charge on any atom is 0.252 e. The Balaban J connectivity index is 1.46. The summed E-state index contributed by atoms with van der Waals surface area (Å²) in [7, 11) is 0. The maximum absolute atomic E-state index is 12.0. The predicted octanol–water partition coefficient (Wildman–Crippen LogP) is 2.71. The van der Waals surface area contributed by atoms with Gasteiger partial charge in [0.1, 0.15) is 17.1 Å². The number of carbonyl (C=O) groups is 1. The van der Waals surface area contributed by atoms with Crippen LogP contribution in [0.15, 0.2) is 42.7 Å². The zero-order chi connectivity index (χ0) is 23.2. The Bertz CT molecular complexity index is 1260. The van der Waals surface area contributed by atoms with Crippen LogP contribution in [0.2, 0.25) is 0 Å². The van der Waals surface area contributed by atoms with E-state index < -0.39 is 0 Å². The highest BCUT2D eigenvalue weighted by Gasteiger charge is 2.17. The number of rotatable bonds is 10. The first kappa shape index (κ1) is 22.5. The predicted molar refractivity (Wildman–Crippen MR) is 127 cm³/mol. The zero-order valence-electron chi connectivity index (χ0n) is 18.6. The number of fused-ring (bicyclic) bond motifs is 3. The van der Waals surface area contributed by atoms with E-state index in [4.69, 9.17) is 10.5 Å². The van der Waals surface area contributed by atoms with Gasteiger partial charge < -0.3 is 25.5 Å². The lowest BCUT2D eigenvalue weighted by atomic mass is 10.1. The minimum Gasteiger partial charge on any atom is -0.493 e. The molecule has 0 saturated carbocycles. The topological polar surface area (TPSA) is 128 Å². The molecule has 0 saturated heterocycles. The average Bonchev–Trinajstić information content (AvgIpc) is 3.18. The fourth-order valence-electron chi connectivity index (χ4n) is 3.85. The first-order chi connectivity index (χ1) is 16.1. The number of hydrogen-bond donors (Lipinski definition) is 3. The average molecular weight is 449 g/mol. The summed E-state index contributed by atoms with van der Waals surface area (Å²) < 4.78 is 8.00. The number of aromatic nitrogens is 4. The van der Waals surface area contributed by atoms with Crippen LogP contribution in [-0.2, 0) is 13.0 Å². The Kier molecular flexibility index (Phi) is 6.99. The molecule has 0 fully saturated rings. The van der Waals surface area contributed by atoms with Crippen LogP contribution < -0.4 is 15.8 Å². The van der Waals surface area contributed by atoms with Crippen LogP contribution in [0.4, 0.5) is 5.82 Å². The van der Waals surface area contributed by atoms with Gasteiger partial charge in [-0.05, 0) is 37.1 Å². The van der Waals surface area contributed by atoms with E-state index >= 15 is 0 Å². The normalized spacial score (nSPS) is 11.2. The summed E-state index contributed by atoms with van der Waals surface area (Å²) in [4.78, 5) is 25.2. The van der Waals surface area contributed by atoms with Crippen LogP contribution in [0.3, 0.4) is 0 Å². The summed E-state index contributed by atoms with van der Waals surface area (Å²) in [6.07, 6.45) is 5.23. The second-order valence-corrected chi connectivity index (χ2v) is 7.73. The number of ether oxygens (including phenoxy) is 1. The number of hydrogen-bond acceptors (Lipinski definition) is 7. The molecule has 3 heterocycles. The molecule has 4 N–H and O–H groups in total. The molecule has 1 amide bonds. The fraction of sp³-hybridized carbons (Fsp3) is 0.333. The highest BCUT2D eigenvalue weighted by atomic mass is 16.5. The molecule has 0 unspecified atom stereocenters. The second kappa shape index (κ2) is 10.3. The zero-order valence-corrected chi connectivity index (χ0v) is 18.6. The van der Waals surface area contributed by atoms with Gasteiger partial charge in [0.25, 0.3) is 5.91 Å². The molecule has 9 heteroatoms. The molecule has 0 spiro atoms. The van der Waals surface area contributed by atoms with Crippen LogP contribution in [-0.4, -0.2) is 50.3 Å². The van der Waals surface area contributed by atoms with Gasteiger partial charge in [0, 0.05) is 43.4 Å². The molecule has 0 aliphatic carbocycles. The van der Waals surface area contributed by atoms with E-state index in [9.17, 15) is 9.90 Å². The molecular formula is C24H28N6O3. The van der Waals surface area contributed by atoms with E-state index in [0.29, 0.717) is 48.6 Å². The largest absolute Gasteiger partial charge is 0.493 e. The summed E-state index contributed by atoms with van der Waals surface area (Å²) >= 11 is 0. The Morgan fingerprint density at radius 2 is 2.15 bits per heavy atom. The Morgan fingerprint density at radius 1 is 1.27 bits per heavy atom. The minimum atomic E-state index is -0.151. The van der Waals surface area contributed by atoms with Crippen molar-refractivity contribution in [3.63, 3.8) is 0 Å². The SMILES string of the molecule is CCCn1c(CCO)nc2c(N)nc3cc(OCCCNC(=O)c4cccnc4)ccc3c21. The first-order valence-electron chi connectivity index (χ1n) is 11.1. The van der Waals surface area contributed by atoms with Crippen molar-refractivity contribution in [2.24, 2.45) is 0 Å². The Labute approximate surface area is 191 Å². The number of nitrogens with two attached hydrogens (primary N) is 1. The number of benzene rings is 1. The number of carbonyl (C=O) groups excluding carboxylic acids is 1. The highest BCUT2D eigenvalue weighted by Crippen LogP contribution is 2.31. The van der Waals surface area contributed by atoms with Crippen molar-refractivity contribution in [1.82, 2.24) is 24.8 Å². The third-order valence-corrected chi connectivity index (χ3v) is 5.34. The molecule has 172 valence electrons. The first-order valence-corrected chi connectivity index (χ1v) is 11.1. The molecule has 33 heavy (non-hydrogen) atoms. The third kappa shape index (κ3) is 4.88. The van der Waals surface area contributed by atoms with Crippen LogP contribution in [0.1, 0.15) is 35.9 Å². The van der Waals surface area contributed by atoms with Crippen LogP contribution in [0.25, 0.3) is 21.9 Å². The van der Waals surface area contributed by atoms with E-state index in [2.05, 4.69) is 31.8 Å². The number of amides is 1. The number of aliphatic hydroxyl groups is 1. The number of anilines is 1. The molecule has 0 bridgehead atoms. The quantitative estimate of drug-likeness (QED) is 0.318. The van der Waals surface area contributed by atoms with Crippen molar-refractivity contribution < 1.29 is 14.6 Å². The van der Waals surface area contributed by atoms with Gasteiger partial charge in [-0.2, -0.15) is 0 Å². The van der Waals surface area contributed by atoms with Crippen LogP contribution in [0, 0.1) is 0 Å². The molecule has 0 atom stereocenters. The molecule has 0 radical (unpaired) electrons. The van der Waals surface area contributed by atoms with E-state index in [1.165, 1.54) is 6.20 Å². The van der Waals surface area contributed by atoms with Gasteiger partial charge in [0.2, 0.25) is 0 Å². The number of nitrogen functional groups attached to an aromatic ring is 1. The third-order valence-electron chi connectivity index (χ3n) is 5.34. The van der Waals surface area contributed by atoms with E-state index in [-0.39, 0.29) is 12.5 Å². The summed E-state index contributed by atoms with van der Waals surface area (Å²) in [5.41, 5.74) is 9.10. The van der Waals surface area contributed by atoms with Crippen molar-refractivity contribution in [1.29, 1.82) is 0 Å². The van der Waals surface area contributed by atoms with Gasteiger partial charge in [0.05, 0.1) is 29.8 Å². The lowest BCUT2D eigenvalue weighted by molar-refractivity contribution is 0.0951. The Hall–Kier alpha value is -3.72. The van der Waals surface area contributed by atoms with Crippen molar-refractivity contribution >= 4 is 33.7 Å². The van der Waals surface area contributed by atoms with Crippen LogP contribution >= 0.6 is 0 Å². The number of pyridine rings is 2. The molecule has 0 aliphatic rings. The Morgan fingerprint density at radius 3 is 2.91 bits per heavy atom. The smallest absolute Gasteiger partial charge is 0.252 e. The van der Waals surface area contributed by atoms with Crippen LogP contribution in [0.5, 0.6) is 5.75 Å². The van der Waals surface area contributed by atoms with Crippen molar-refractivity contribution in [3.05, 3.63) is 54.1 Å². The summed E-state index contributed by atoms with van der Waals surface area (Å²) in [5.74, 6) is 1.71. The minimum absolute atomic E-state index is 0.0268. The van der Waals surface area contributed by atoms with E-state index in [1.807, 2.05) is 18.2 Å². The highest BCUT2D eigenvalue weighted by molar-refractivity contribution is 6.07. The van der Waals surface area contributed by atoms with Gasteiger partial charge >= 0.3 is 0 Å². The lowest BCUT2D eigenvalue weighted by Gasteiger charge is -2.11. The fourth-order valence-corrected chi connectivity index (χ4v) is 3.85. The lowest BCUT2D eigenvalue weighted by Crippen LogP contribution is -2.25. The van der Waals surface area contributed by atoms with Gasteiger partial charge in [0.15, 0.2) is 5.82 Å². The van der Waals surface area contributed by atoms with Gasteiger partial charge in [-0.3, -0.25) is 9.78 Å². The summed E-state index contributed by atoms with van der Waals surface area (Å²) in [5, 5.41) is 13.2. The number of aryl methyl sites for hydroxylation is 1. The molecule has 4 rings (SSSR count). The van der Waals surface area contributed by atoms with Crippen molar-refractivity contribution in [2.75, 3.05) is 25.5 Å². The molecule has 9 nitrogen and oxygen atoms in total. The number of nitrogens with one attached hydrogen (secondary N) is 1. The number of aliphatic hydroxyl groups excluding tert-OH is 1. The molecular weight excluding hydrogens is 420 g/mol. The molecule has 4 aromatic rings. The van der Waals surface area contributed by atoms with Crippen molar-refractivity contribution in [3.8, 4) is 5.75 Å². The van der Waals surface area contributed by atoms with Gasteiger partial charge in [-0.25, -0.2) is 9.97 Å². The van der Waals surface area contributed by atoms with E-state index in [1.54, 1.807) is 18.3 Å². The second-order valence-electron chi connectivity index (χ2n) is 7.73. The number of imidazole rings is 1. The number of nitrogens with zero attached hydrogens (tertiary/aromatic N) is 4. The monoisotopic (exact) mass is 448 g/mol. The standard InChI is InChI=1S/C24H28N6O3/c1-2-11-30-20(8-12-31)29-21-22(30)18-7-6-17(14-19(18)28-23(21)25)33-13-4-10-27-24(32)16-5-3-9-26-15-16/h3,5-7,9,14-15,31H,2,4,8,10-13H2,1H3,(H2,25,28)(H,27,32). The summed E-state index contributed by atoms with van der Waals surface area (Å²) in [6, 6.07) is 9.20. The van der Waals surface area contributed by atoms with E-state index in [0.717, 1.165) is 35.2 Å². The maximum atomic E-state index is 12.0. The van der Waals surface area contributed by atoms with Gasteiger partial charge in [-0.15, -0.1) is 0 Å². The molecule has 1 aromatic carbocycles.